The van der Waals surface area contributed by atoms with Gasteiger partial charge in [0.05, 0.1) is 9.26 Å². The summed E-state index contributed by atoms with van der Waals surface area (Å²) in [5.41, 5.74) is 1.01. The van der Waals surface area contributed by atoms with Crippen LogP contribution >= 0.6 is 22.6 Å². The number of hydrogen-bond acceptors (Lipinski definition) is 4. The molecule has 0 bridgehead atoms. The van der Waals surface area contributed by atoms with Gasteiger partial charge in [0, 0.05) is 13.2 Å². The summed E-state index contributed by atoms with van der Waals surface area (Å²) in [6, 6.07) is 0. The van der Waals surface area contributed by atoms with Gasteiger partial charge in [0.25, 0.3) is 0 Å². The van der Waals surface area contributed by atoms with Crippen molar-refractivity contribution in [1.29, 1.82) is 0 Å². The molecule has 0 saturated carbocycles. The van der Waals surface area contributed by atoms with Crippen LogP contribution in [0.25, 0.3) is 0 Å². The van der Waals surface area contributed by atoms with E-state index in [1.54, 1.807) is 0 Å². The van der Waals surface area contributed by atoms with Crippen LogP contribution in [0.4, 0.5) is 5.82 Å². The third-order valence-electron chi connectivity index (χ3n) is 2.78. The summed E-state index contributed by atoms with van der Waals surface area (Å²) in [6.45, 7) is 12.0. The molecule has 5 heteroatoms. The summed E-state index contributed by atoms with van der Waals surface area (Å²) >= 11 is 2.30. The predicted molar refractivity (Wildman–Crippen MR) is 87.5 cm³/mol. The van der Waals surface area contributed by atoms with Crippen LogP contribution in [-0.4, -0.2) is 23.1 Å². The van der Waals surface area contributed by atoms with Crippen LogP contribution in [0, 0.1) is 16.4 Å². The van der Waals surface area contributed by atoms with Crippen molar-refractivity contribution in [3.8, 4) is 0 Å². The van der Waals surface area contributed by atoms with Crippen molar-refractivity contribution < 1.29 is 4.74 Å². The normalized spacial score (nSPS) is 12.8. The standard InChI is InChI=1S/C14H24IN3O/c1-6-8-16-13-11(15)10(5)17-14(18-13)12(9(3)4)19-7-2/h9,12H,6-8H2,1-5H3,(H,16,17,18). The quantitative estimate of drug-likeness (QED) is 0.732. The van der Waals surface area contributed by atoms with Gasteiger partial charge in [0.1, 0.15) is 11.9 Å². The van der Waals surface area contributed by atoms with E-state index >= 15 is 0 Å². The summed E-state index contributed by atoms with van der Waals surface area (Å²) in [5.74, 6) is 2.07. The van der Waals surface area contributed by atoms with Crippen LogP contribution in [0.5, 0.6) is 0 Å². The van der Waals surface area contributed by atoms with Crippen molar-refractivity contribution in [2.45, 2.75) is 47.1 Å². The van der Waals surface area contributed by atoms with Crippen LogP contribution in [0.2, 0.25) is 0 Å². The minimum Gasteiger partial charge on any atom is -0.370 e. The van der Waals surface area contributed by atoms with Crippen molar-refractivity contribution in [1.82, 2.24) is 9.97 Å². The van der Waals surface area contributed by atoms with Gasteiger partial charge < -0.3 is 10.1 Å². The molecule has 1 aromatic rings. The third kappa shape index (κ3) is 4.56. The zero-order valence-corrected chi connectivity index (χ0v) is 14.6. The van der Waals surface area contributed by atoms with Crippen LogP contribution in [0.1, 0.15) is 51.7 Å². The van der Waals surface area contributed by atoms with E-state index in [1.165, 1.54) is 0 Å². The third-order valence-corrected chi connectivity index (χ3v) is 4.07. The van der Waals surface area contributed by atoms with Gasteiger partial charge in [0.2, 0.25) is 0 Å². The highest BCUT2D eigenvalue weighted by Crippen LogP contribution is 2.27. The Morgan fingerprint density at radius 2 is 1.95 bits per heavy atom. The van der Waals surface area contributed by atoms with E-state index in [1.807, 2.05) is 13.8 Å². The van der Waals surface area contributed by atoms with Crippen molar-refractivity contribution in [2.24, 2.45) is 5.92 Å². The molecule has 0 fully saturated rings. The van der Waals surface area contributed by atoms with E-state index < -0.39 is 0 Å². The molecule has 4 nitrogen and oxygen atoms in total. The van der Waals surface area contributed by atoms with Crippen LogP contribution in [0.3, 0.4) is 0 Å². The Bertz CT molecular complexity index is 410. The first kappa shape index (κ1) is 16.6. The van der Waals surface area contributed by atoms with E-state index in [2.05, 4.69) is 58.6 Å². The first-order valence-corrected chi connectivity index (χ1v) is 7.98. The minimum atomic E-state index is -0.0390. The number of anilines is 1. The highest BCUT2D eigenvalue weighted by Gasteiger charge is 2.21. The molecule has 0 aliphatic heterocycles. The Labute approximate surface area is 129 Å². The maximum absolute atomic E-state index is 5.79. The molecular weight excluding hydrogens is 353 g/mol. The van der Waals surface area contributed by atoms with Gasteiger partial charge in [-0.15, -0.1) is 0 Å². The highest BCUT2D eigenvalue weighted by molar-refractivity contribution is 14.1. The molecule has 0 spiro atoms. The van der Waals surface area contributed by atoms with Gasteiger partial charge in [0.15, 0.2) is 5.82 Å². The van der Waals surface area contributed by atoms with E-state index in [0.29, 0.717) is 12.5 Å². The van der Waals surface area contributed by atoms with E-state index in [9.17, 15) is 0 Å². The fraction of sp³-hybridized carbons (Fsp3) is 0.714. The lowest BCUT2D eigenvalue weighted by molar-refractivity contribution is 0.0231. The molecule has 0 saturated heterocycles. The SMILES string of the molecule is CCCNc1nc(C(OCC)C(C)C)nc(C)c1I. The summed E-state index contributed by atoms with van der Waals surface area (Å²) in [5, 5.41) is 3.37. The average Bonchev–Trinajstić information content (AvgIpc) is 2.37. The Balaban J connectivity index is 3.09. The second kappa shape index (κ2) is 7.99. The van der Waals surface area contributed by atoms with Gasteiger partial charge in [-0.2, -0.15) is 0 Å². The van der Waals surface area contributed by atoms with Gasteiger partial charge in [-0.1, -0.05) is 20.8 Å². The van der Waals surface area contributed by atoms with Gasteiger partial charge in [-0.05, 0) is 48.8 Å². The number of nitrogens with one attached hydrogen (secondary N) is 1. The molecule has 0 radical (unpaired) electrons. The van der Waals surface area contributed by atoms with Crippen molar-refractivity contribution >= 4 is 28.4 Å². The monoisotopic (exact) mass is 377 g/mol. The lowest BCUT2D eigenvalue weighted by atomic mass is 10.1. The number of aromatic nitrogens is 2. The van der Waals surface area contributed by atoms with Crippen LogP contribution in [0.15, 0.2) is 0 Å². The van der Waals surface area contributed by atoms with Gasteiger partial charge >= 0.3 is 0 Å². The molecule has 1 aromatic heterocycles. The molecule has 0 amide bonds. The summed E-state index contributed by atoms with van der Waals surface area (Å²) in [6.07, 6.45) is 1.04. The second-order valence-corrected chi connectivity index (χ2v) is 5.96. The zero-order valence-electron chi connectivity index (χ0n) is 12.5. The number of rotatable bonds is 7. The van der Waals surface area contributed by atoms with Crippen molar-refractivity contribution in [2.75, 3.05) is 18.5 Å². The maximum Gasteiger partial charge on any atom is 0.160 e. The molecule has 1 heterocycles. The molecule has 0 aromatic carbocycles. The van der Waals surface area contributed by atoms with Crippen molar-refractivity contribution in [3.63, 3.8) is 0 Å². The lowest BCUT2D eigenvalue weighted by Crippen LogP contribution is -2.17. The van der Waals surface area contributed by atoms with E-state index in [-0.39, 0.29) is 6.10 Å². The smallest absolute Gasteiger partial charge is 0.160 e. The Morgan fingerprint density at radius 3 is 2.47 bits per heavy atom. The van der Waals surface area contributed by atoms with Gasteiger partial charge in [-0.3, -0.25) is 0 Å². The zero-order chi connectivity index (χ0) is 14.4. The molecular formula is C14H24IN3O. The minimum absolute atomic E-state index is 0.0390. The maximum atomic E-state index is 5.79. The lowest BCUT2D eigenvalue weighted by Gasteiger charge is -2.21. The fourth-order valence-electron chi connectivity index (χ4n) is 1.81. The number of aryl methyl sites for hydroxylation is 1. The van der Waals surface area contributed by atoms with Gasteiger partial charge in [-0.25, -0.2) is 9.97 Å². The number of nitrogens with zero attached hydrogens (tertiary/aromatic N) is 2. The molecule has 0 aliphatic rings. The number of ether oxygens (including phenoxy) is 1. The van der Waals surface area contributed by atoms with E-state index in [4.69, 9.17) is 4.74 Å². The summed E-state index contributed by atoms with van der Waals surface area (Å²) in [7, 11) is 0. The predicted octanol–water partition coefficient (Wildman–Crippen LogP) is 3.95. The summed E-state index contributed by atoms with van der Waals surface area (Å²) < 4.78 is 6.88. The summed E-state index contributed by atoms with van der Waals surface area (Å²) in [4.78, 5) is 9.25. The topological polar surface area (TPSA) is 47.0 Å². The molecule has 1 atom stereocenters. The average molecular weight is 377 g/mol. The molecule has 1 unspecified atom stereocenters. The molecule has 108 valence electrons. The number of halogens is 1. The fourth-order valence-corrected chi connectivity index (χ4v) is 2.25. The Kier molecular flexibility index (Phi) is 6.99. The first-order valence-electron chi connectivity index (χ1n) is 6.90. The Hall–Kier alpha value is -0.430. The Morgan fingerprint density at radius 1 is 1.26 bits per heavy atom. The number of hydrogen-bond donors (Lipinski definition) is 1. The molecule has 1 rings (SSSR count). The molecule has 19 heavy (non-hydrogen) atoms. The van der Waals surface area contributed by atoms with Crippen LogP contribution in [-0.2, 0) is 4.74 Å². The first-order chi connectivity index (χ1) is 9.01. The molecule has 1 N–H and O–H groups in total. The van der Waals surface area contributed by atoms with Crippen LogP contribution < -0.4 is 5.32 Å². The van der Waals surface area contributed by atoms with Crippen molar-refractivity contribution in [3.05, 3.63) is 15.1 Å². The largest absolute Gasteiger partial charge is 0.370 e. The highest BCUT2D eigenvalue weighted by atomic mass is 127. The second-order valence-electron chi connectivity index (χ2n) is 4.88. The molecule has 0 aliphatic carbocycles. The van der Waals surface area contributed by atoms with E-state index in [0.717, 1.165) is 33.9 Å².